The number of rotatable bonds is 4. The highest BCUT2D eigenvalue weighted by Crippen LogP contribution is 2.11. The first-order valence-electron chi connectivity index (χ1n) is 3.78. The number of carbonyl (C=O) groups excluding carboxylic acids is 1. The van der Waals surface area contributed by atoms with Crippen LogP contribution in [0.25, 0.3) is 0 Å². The Labute approximate surface area is 61.0 Å². The molecular formula is C7H14N2O. The molecule has 1 saturated heterocycles. The third kappa shape index (κ3) is 2.35. The molecule has 0 unspecified atom stereocenters. The monoisotopic (exact) mass is 142 g/mol. The fourth-order valence-electron chi connectivity index (χ4n) is 1.12. The number of nitrogens with one attached hydrogen (secondary N) is 1. The van der Waals surface area contributed by atoms with Crippen LogP contribution in [0.4, 0.5) is 0 Å². The highest BCUT2D eigenvalue weighted by molar-refractivity contribution is 5.73. The molecule has 1 rings (SSSR count). The fourth-order valence-corrected chi connectivity index (χ4v) is 1.12. The van der Waals surface area contributed by atoms with E-state index in [2.05, 4.69) is 5.32 Å². The molecule has 3 N–H and O–H groups in total. The van der Waals surface area contributed by atoms with Gasteiger partial charge in [-0.15, -0.1) is 0 Å². The van der Waals surface area contributed by atoms with E-state index in [9.17, 15) is 4.79 Å². The lowest BCUT2D eigenvalue weighted by Gasteiger charge is -2.26. The van der Waals surface area contributed by atoms with Crippen molar-refractivity contribution in [3.63, 3.8) is 0 Å². The fraction of sp³-hybridized carbons (Fsp3) is 0.857. The average molecular weight is 142 g/mol. The molecule has 10 heavy (non-hydrogen) atoms. The third-order valence-corrected chi connectivity index (χ3v) is 1.90. The second-order valence-corrected chi connectivity index (χ2v) is 2.88. The summed E-state index contributed by atoms with van der Waals surface area (Å²) in [5.41, 5.74) is 4.98. The molecule has 0 radical (unpaired) electrons. The van der Waals surface area contributed by atoms with Crippen LogP contribution in [0, 0.1) is 5.92 Å². The van der Waals surface area contributed by atoms with E-state index in [4.69, 9.17) is 5.73 Å². The van der Waals surface area contributed by atoms with Gasteiger partial charge in [0.05, 0.1) is 0 Å². The van der Waals surface area contributed by atoms with Crippen molar-refractivity contribution in [3.05, 3.63) is 0 Å². The maximum atomic E-state index is 10.3. The van der Waals surface area contributed by atoms with Gasteiger partial charge in [0.15, 0.2) is 0 Å². The minimum atomic E-state index is -0.174. The van der Waals surface area contributed by atoms with Crippen LogP contribution in [-0.2, 0) is 4.79 Å². The molecule has 0 atom stereocenters. The number of nitrogens with two attached hydrogens (primary N) is 1. The minimum Gasteiger partial charge on any atom is -0.370 e. The summed E-state index contributed by atoms with van der Waals surface area (Å²) in [5.74, 6) is 0.631. The van der Waals surface area contributed by atoms with E-state index in [1.54, 1.807) is 0 Å². The lowest BCUT2D eigenvalue weighted by atomic mass is 9.96. The molecule has 1 aliphatic rings. The third-order valence-electron chi connectivity index (χ3n) is 1.90. The molecule has 0 spiro atoms. The van der Waals surface area contributed by atoms with Crippen molar-refractivity contribution in [2.45, 2.75) is 19.3 Å². The van der Waals surface area contributed by atoms with Gasteiger partial charge in [-0.2, -0.15) is 0 Å². The average Bonchev–Trinajstić information content (AvgIpc) is 1.75. The van der Waals surface area contributed by atoms with E-state index in [1.165, 1.54) is 0 Å². The maximum absolute atomic E-state index is 10.3. The Balaban J connectivity index is 1.89. The largest absolute Gasteiger partial charge is 0.370 e. The Hall–Kier alpha value is -0.570. The van der Waals surface area contributed by atoms with Gasteiger partial charge in [0.25, 0.3) is 0 Å². The molecule has 0 saturated carbocycles. The Morgan fingerprint density at radius 3 is 2.70 bits per heavy atom. The maximum Gasteiger partial charge on any atom is 0.217 e. The predicted molar refractivity (Wildman–Crippen MR) is 39.4 cm³/mol. The van der Waals surface area contributed by atoms with Gasteiger partial charge in [0, 0.05) is 6.42 Å². The minimum absolute atomic E-state index is 0.174. The number of primary amides is 1. The summed E-state index contributed by atoms with van der Waals surface area (Å²) in [5, 5.41) is 3.18. The second-order valence-electron chi connectivity index (χ2n) is 2.88. The van der Waals surface area contributed by atoms with E-state index >= 15 is 0 Å². The molecule has 0 aromatic heterocycles. The second kappa shape index (κ2) is 3.56. The summed E-state index contributed by atoms with van der Waals surface area (Å²) in [4.78, 5) is 10.3. The summed E-state index contributed by atoms with van der Waals surface area (Å²) >= 11 is 0. The summed E-state index contributed by atoms with van der Waals surface area (Å²) in [6, 6.07) is 0. The van der Waals surface area contributed by atoms with Crippen LogP contribution in [0.3, 0.4) is 0 Å². The van der Waals surface area contributed by atoms with Gasteiger partial charge in [0.1, 0.15) is 0 Å². The quantitative estimate of drug-likeness (QED) is 0.574. The molecule has 1 amide bonds. The Morgan fingerprint density at radius 1 is 1.60 bits per heavy atom. The van der Waals surface area contributed by atoms with Crippen molar-refractivity contribution in [1.82, 2.24) is 5.32 Å². The van der Waals surface area contributed by atoms with E-state index in [0.29, 0.717) is 6.42 Å². The molecule has 3 nitrogen and oxygen atoms in total. The van der Waals surface area contributed by atoms with E-state index in [1.807, 2.05) is 0 Å². The van der Waals surface area contributed by atoms with Crippen molar-refractivity contribution in [1.29, 1.82) is 0 Å². The highest BCUT2D eigenvalue weighted by atomic mass is 16.1. The highest BCUT2D eigenvalue weighted by Gasteiger charge is 2.15. The molecule has 1 heterocycles. The van der Waals surface area contributed by atoms with Crippen LogP contribution in [-0.4, -0.2) is 19.0 Å². The lowest BCUT2D eigenvalue weighted by molar-refractivity contribution is -0.118. The lowest BCUT2D eigenvalue weighted by Crippen LogP contribution is -2.41. The van der Waals surface area contributed by atoms with Crippen molar-refractivity contribution in [2.24, 2.45) is 11.7 Å². The van der Waals surface area contributed by atoms with E-state index in [-0.39, 0.29) is 5.91 Å². The number of hydrogen-bond donors (Lipinski definition) is 2. The van der Waals surface area contributed by atoms with Gasteiger partial charge in [-0.05, 0) is 31.8 Å². The van der Waals surface area contributed by atoms with Gasteiger partial charge in [-0.1, -0.05) is 0 Å². The number of hydrogen-bond acceptors (Lipinski definition) is 2. The predicted octanol–water partition coefficient (Wildman–Crippen LogP) is -0.139. The first-order valence-corrected chi connectivity index (χ1v) is 3.78. The molecule has 0 bridgehead atoms. The summed E-state index contributed by atoms with van der Waals surface area (Å²) in [7, 11) is 0. The Morgan fingerprint density at radius 2 is 2.30 bits per heavy atom. The van der Waals surface area contributed by atoms with Gasteiger partial charge in [0.2, 0.25) is 5.91 Å². The Bertz CT molecular complexity index is 121. The summed E-state index contributed by atoms with van der Waals surface area (Å²) in [6.07, 6.45) is 2.66. The molecule has 0 aliphatic carbocycles. The van der Waals surface area contributed by atoms with Crippen molar-refractivity contribution >= 4 is 5.91 Å². The molecule has 0 aromatic rings. The SMILES string of the molecule is NC(=O)CCCC1CNC1. The first-order chi connectivity index (χ1) is 4.79. The molecule has 3 heteroatoms. The van der Waals surface area contributed by atoms with Crippen LogP contribution in [0.2, 0.25) is 0 Å². The van der Waals surface area contributed by atoms with Crippen molar-refractivity contribution in [2.75, 3.05) is 13.1 Å². The topological polar surface area (TPSA) is 55.1 Å². The van der Waals surface area contributed by atoms with Crippen LogP contribution < -0.4 is 11.1 Å². The zero-order chi connectivity index (χ0) is 7.40. The van der Waals surface area contributed by atoms with Gasteiger partial charge in [-0.25, -0.2) is 0 Å². The molecule has 1 aliphatic heterocycles. The normalized spacial score (nSPS) is 18.4. The summed E-state index contributed by atoms with van der Waals surface area (Å²) < 4.78 is 0. The van der Waals surface area contributed by atoms with Gasteiger partial charge in [-0.3, -0.25) is 4.79 Å². The summed E-state index contributed by atoms with van der Waals surface area (Å²) in [6.45, 7) is 2.25. The number of carbonyl (C=O) groups is 1. The zero-order valence-corrected chi connectivity index (χ0v) is 6.10. The van der Waals surface area contributed by atoms with Gasteiger partial charge >= 0.3 is 0 Å². The molecule has 1 fully saturated rings. The molecule has 0 aromatic carbocycles. The van der Waals surface area contributed by atoms with Crippen LogP contribution in [0.15, 0.2) is 0 Å². The number of amides is 1. The van der Waals surface area contributed by atoms with Crippen molar-refractivity contribution in [3.8, 4) is 0 Å². The standard InChI is InChI=1S/C7H14N2O/c8-7(10)3-1-2-6-4-9-5-6/h6,9H,1-5H2,(H2,8,10). The zero-order valence-electron chi connectivity index (χ0n) is 6.10. The molecular weight excluding hydrogens is 128 g/mol. The van der Waals surface area contributed by atoms with E-state index in [0.717, 1.165) is 31.8 Å². The van der Waals surface area contributed by atoms with Crippen molar-refractivity contribution < 1.29 is 4.79 Å². The van der Waals surface area contributed by atoms with Gasteiger partial charge < -0.3 is 11.1 Å². The van der Waals surface area contributed by atoms with Crippen LogP contribution >= 0.6 is 0 Å². The van der Waals surface area contributed by atoms with Crippen LogP contribution in [0.5, 0.6) is 0 Å². The Kier molecular flexibility index (Phi) is 2.68. The molecule has 58 valence electrons. The smallest absolute Gasteiger partial charge is 0.217 e. The van der Waals surface area contributed by atoms with E-state index < -0.39 is 0 Å². The first kappa shape index (κ1) is 7.54. The van der Waals surface area contributed by atoms with Crippen LogP contribution in [0.1, 0.15) is 19.3 Å².